The number of nitrogens with two attached hydrogens (primary N) is 1. The highest BCUT2D eigenvalue weighted by Crippen LogP contribution is 2.10. The maximum atomic E-state index is 5.65. The predicted octanol–water partition coefficient (Wildman–Crippen LogP) is 2.60. The Bertz CT molecular complexity index is 431. The van der Waals surface area contributed by atoms with Crippen molar-refractivity contribution in [3.8, 4) is 0 Å². The normalized spacial score (nSPS) is 10.5. The Hall–Kier alpha value is -0.810. The second-order valence-corrected chi connectivity index (χ2v) is 4.70. The van der Waals surface area contributed by atoms with Crippen LogP contribution in [0.15, 0.2) is 42.6 Å². The maximum Gasteiger partial charge on any atom is 0.0473 e. The summed E-state index contributed by atoms with van der Waals surface area (Å²) in [5.41, 5.74) is 8.13. The van der Waals surface area contributed by atoms with Gasteiger partial charge in [-0.2, -0.15) is 0 Å². The van der Waals surface area contributed by atoms with Gasteiger partial charge in [0.15, 0.2) is 0 Å². The van der Waals surface area contributed by atoms with E-state index in [2.05, 4.69) is 63.7 Å². The average molecular weight is 312 g/mol. The number of rotatable bonds is 3. The highest BCUT2D eigenvalue weighted by Gasteiger charge is 1.99. The molecule has 0 saturated heterocycles. The lowest BCUT2D eigenvalue weighted by Crippen LogP contribution is -2.07. The van der Waals surface area contributed by atoms with Crippen LogP contribution in [0.3, 0.4) is 0 Å². The summed E-state index contributed by atoms with van der Waals surface area (Å²) in [6.07, 6.45) is 2.07. The van der Waals surface area contributed by atoms with Gasteiger partial charge < -0.3 is 10.3 Å². The zero-order valence-electron chi connectivity index (χ0n) is 8.36. The zero-order valence-corrected chi connectivity index (χ0v) is 10.5. The number of hydrogen-bond acceptors (Lipinski definition) is 1. The van der Waals surface area contributed by atoms with Gasteiger partial charge in [0.2, 0.25) is 0 Å². The van der Waals surface area contributed by atoms with Gasteiger partial charge in [0.25, 0.3) is 0 Å². The minimum Gasteiger partial charge on any atom is -0.346 e. The molecule has 0 aliphatic heterocycles. The van der Waals surface area contributed by atoms with Crippen LogP contribution in [0.25, 0.3) is 0 Å². The lowest BCUT2D eigenvalue weighted by Gasteiger charge is -2.07. The molecule has 0 spiro atoms. The van der Waals surface area contributed by atoms with E-state index in [0.717, 1.165) is 6.54 Å². The third-order valence-electron chi connectivity index (χ3n) is 2.40. The Morgan fingerprint density at radius 3 is 2.53 bits per heavy atom. The van der Waals surface area contributed by atoms with Gasteiger partial charge in [0.1, 0.15) is 0 Å². The minimum absolute atomic E-state index is 0.595. The van der Waals surface area contributed by atoms with Crippen molar-refractivity contribution < 1.29 is 0 Å². The second kappa shape index (κ2) is 4.81. The van der Waals surface area contributed by atoms with Crippen molar-refractivity contribution in [3.05, 3.63) is 57.4 Å². The summed E-state index contributed by atoms with van der Waals surface area (Å²) in [5.74, 6) is 0. The standard InChI is InChI=1S/C12H13IN2/c13-11-5-3-10(4-6-11)9-15-7-1-2-12(15)8-14/h1-7H,8-9,14H2. The predicted molar refractivity (Wildman–Crippen MR) is 70.6 cm³/mol. The molecule has 0 aliphatic carbocycles. The van der Waals surface area contributed by atoms with Gasteiger partial charge in [-0.15, -0.1) is 0 Å². The molecule has 3 heteroatoms. The van der Waals surface area contributed by atoms with Crippen molar-refractivity contribution in [2.75, 3.05) is 0 Å². The monoisotopic (exact) mass is 312 g/mol. The highest BCUT2D eigenvalue weighted by atomic mass is 127. The molecule has 0 atom stereocenters. The first-order valence-electron chi connectivity index (χ1n) is 4.88. The summed E-state index contributed by atoms with van der Waals surface area (Å²) in [6.45, 7) is 1.49. The van der Waals surface area contributed by atoms with Crippen LogP contribution in [0.5, 0.6) is 0 Å². The first kappa shape index (κ1) is 10.7. The van der Waals surface area contributed by atoms with Crippen LogP contribution >= 0.6 is 22.6 Å². The van der Waals surface area contributed by atoms with Gasteiger partial charge >= 0.3 is 0 Å². The van der Waals surface area contributed by atoms with Crippen LogP contribution in [-0.4, -0.2) is 4.57 Å². The van der Waals surface area contributed by atoms with Crippen molar-refractivity contribution in [1.29, 1.82) is 0 Å². The first-order chi connectivity index (χ1) is 7.29. The topological polar surface area (TPSA) is 30.9 Å². The Morgan fingerprint density at radius 1 is 1.13 bits per heavy atom. The summed E-state index contributed by atoms with van der Waals surface area (Å²) in [6, 6.07) is 12.7. The molecule has 2 N–H and O–H groups in total. The summed E-state index contributed by atoms with van der Waals surface area (Å²) >= 11 is 2.31. The first-order valence-corrected chi connectivity index (χ1v) is 5.96. The van der Waals surface area contributed by atoms with Gasteiger partial charge in [0.05, 0.1) is 0 Å². The van der Waals surface area contributed by atoms with Crippen molar-refractivity contribution in [3.63, 3.8) is 0 Å². The van der Waals surface area contributed by atoms with Gasteiger partial charge in [0, 0.05) is 28.6 Å². The molecule has 0 bridgehead atoms. The van der Waals surface area contributed by atoms with E-state index in [1.165, 1.54) is 14.8 Å². The van der Waals surface area contributed by atoms with Gasteiger partial charge in [-0.3, -0.25) is 0 Å². The number of aromatic nitrogens is 1. The van der Waals surface area contributed by atoms with Crippen molar-refractivity contribution >= 4 is 22.6 Å². The second-order valence-electron chi connectivity index (χ2n) is 3.46. The third kappa shape index (κ3) is 2.60. The van der Waals surface area contributed by atoms with Gasteiger partial charge in [-0.25, -0.2) is 0 Å². The molecule has 0 saturated carbocycles. The number of hydrogen-bond donors (Lipinski definition) is 1. The van der Waals surface area contributed by atoms with Crippen LogP contribution in [0.2, 0.25) is 0 Å². The summed E-state index contributed by atoms with van der Waals surface area (Å²) in [5, 5.41) is 0. The molecule has 15 heavy (non-hydrogen) atoms. The van der Waals surface area contributed by atoms with Crippen molar-refractivity contribution in [1.82, 2.24) is 4.57 Å². The molecule has 78 valence electrons. The summed E-state index contributed by atoms with van der Waals surface area (Å²) in [4.78, 5) is 0. The van der Waals surface area contributed by atoms with E-state index in [1.807, 2.05) is 6.07 Å². The van der Waals surface area contributed by atoms with Crippen LogP contribution in [-0.2, 0) is 13.1 Å². The Kier molecular flexibility index (Phi) is 3.43. The molecule has 1 heterocycles. The van der Waals surface area contributed by atoms with Gasteiger partial charge in [-0.1, -0.05) is 12.1 Å². The Balaban J connectivity index is 2.18. The van der Waals surface area contributed by atoms with E-state index in [0.29, 0.717) is 6.54 Å². The molecule has 2 aromatic rings. The van der Waals surface area contributed by atoms with E-state index in [9.17, 15) is 0 Å². The van der Waals surface area contributed by atoms with E-state index >= 15 is 0 Å². The van der Waals surface area contributed by atoms with Crippen LogP contribution in [0.1, 0.15) is 11.3 Å². The Labute approximate surface area is 103 Å². The molecule has 1 aromatic heterocycles. The molecule has 0 fully saturated rings. The number of benzene rings is 1. The largest absolute Gasteiger partial charge is 0.346 e. The molecule has 0 aliphatic rings. The lowest BCUT2D eigenvalue weighted by atomic mass is 10.2. The molecule has 2 nitrogen and oxygen atoms in total. The van der Waals surface area contributed by atoms with E-state index in [-0.39, 0.29) is 0 Å². The lowest BCUT2D eigenvalue weighted by molar-refractivity contribution is 0.744. The number of halogens is 1. The van der Waals surface area contributed by atoms with Gasteiger partial charge in [-0.05, 0) is 52.4 Å². The smallest absolute Gasteiger partial charge is 0.0473 e. The zero-order chi connectivity index (χ0) is 10.7. The van der Waals surface area contributed by atoms with E-state index in [4.69, 9.17) is 5.73 Å². The molecule has 1 aromatic carbocycles. The molecular weight excluding hydrogens is 299 g/mol. The van der Waals surface area contributed by atoms with E-state index in [1.54, 1.807) is 0 Å². The quantitative estimate of drug-likeness (QED) is 0.868. The SMILES string of the molecule is NCc1cccn1Cc1ccc(I)cc1. The molecule has 0 unspecified atom stereocenters. The van der Waals surface area contributed by atoms with Crippen LogP contribution < -0.4 is 5.73 Å². The van der Waals surface area contributed by atoms with Crippen molar-refractivity contribution in [2.24, 2.45) is 5.73 Å². The number of nitrogens with zero attached hydrogens (tertiary/aromatic N) is 1. The molecular formula is C12H13IN2. The fraction of sp³-hybridized carbons (Fsp3) is 0.167. The minimum atomic E-state index is 0.595. The fourth-order valence-electron chi connectivity index (χ4n) is 1.58. The molecule has 2 rings (SSSR count). The highest BCUT2D eigenvalue weighted by molar-refractivity contribution is 14.1. The maximum absolute atomic E-state index is 5.65. The van der Waals surface area contributed by atoms with Crippen LogP contribution in [0.4, 0.5) is 0 Å². The van der Waals surface area contributed by atoms with Crippen molar-refractivity contribution in [2.45, 2.75) is 13.1 Å². The summed E-state index contributed by atoms with van der Waals surface area (Å²) in [7, 11) is 0. The fourth-order valence-corrected chi connectivity index (χ4v) is 1.94. The average Bonchev–Trinajstić information content (AvgIpc) is 2.69. The Morgan fingerprint density at radius 2 is 1.87 bits per heavy atom. The van der Waals surface area contributed by atoms with E-state index < -0.39 is 0 Å². The molecule has 0 radical (unpaired) electrons. The molecule has 0 amide bonds. The summed E-state index contributed by atoms with van der Waals surface area (Å²) < 4.78 is 3.45. The third-order valence-corrected chi connectivity index (χ3v) is 3.12. The van der Waals surface area contributed by atoms with Crippen LogP contribution in [0, 0.1) is 3.57 Å².